The quantitative estimate of drug-likeness (QED) is 0.562. The van der Waals surface area contributed by atoms with Gasteiger partial charge in [0.1, 0.15) is 0 Å². The lowest BCUT2D eigenvalue weighted by Gasteiger charge is -2.14. The summed E-state index contributed by atoms with van der Waals surface area (Å²) >= 11 is 5.18. The molecule has 0 amide bonds. The second kappa shape index (κ2) is 5.63. The lowest BCUT2D eigenvalue weighted by molar-refractivity contribution is 0.443. The monoisotopic (exact) mass is 211 g/mol. The third-order valence-electron chi connectivity index (χ3n) is 1.43. The van der Waals surface area contributed by atoms with Crippen LogP contribution in [0.3, 0.4) is 0 Å². The van der Waals surface area contributed by atoms with Crippen molar-refractivity contribution in [3.8, 4) is 0 Å². The fourth-order valence-electron chi connectivity index (χ4n) is 0.631. The average molecular weight is 212 g/mol. The van der Waals surface area contributed by atoms with Crippen LogP contribution in [0.2, 0.25) is 0 Å². The molecule has 0 fully saturated rings. The molecule has 0 spiro atoms. The fraction of sp³-hybridized carbons (Fsp3) is 0.714. The Morgan fingerprint density at radius 2 is 2.25 bits per heavy atom. The number of nitrogens with zero attached hydrogens (tertiary/aromatic N) is 1. The molecule has 0 rings (SSSR count). The lowest BCUT2D eigenvalue weighted by atomic mass is 10.2. The number of rotatable bonds is 5. The van der Waals surface area contributed by atoms with E-state index in [-0.39, 0.29) is 0 Å². The van der Waals surface area contributed by atoms with E-state index in [2.05, 4.69) is 6.92 Å². The van der Waals surface area contributed by atoms with Gasteiger partial charge in [-0.1, -0.05) is 25.8 Å². The van der Waals surface area contributed by atoms with Crippen LogP contribution in [0.25, 0.3) is 0 Å². The Labute approximate surface area is 78.3 Å². The number of unbranched alkanes of at least 4 members (excludes halogenated alkanes) is 2. The van der Waals surface area contributed by atoms with Gasteiger partial charge in [0.2, 0.25) is 0 Å². The highest BCUT2D eigenvalue weighted by Gasteiger charge is 2.16. The summed E-state index contributed by atoms with van der Waals surface area (Å²) in [5.41, 5.74) is 0. The number of hydrogen-bond donors (Lipinski definition) is 1. The smallest absolute Gasteiger partial charge is 0.318 e. The van der Waals surface area contributed by atoms with Gasteiger partial charge >= 0.3 is 6.87 Å². The number of allylic oxidation sites excluding steroid dienone is 1. The third-order valence-corrected chi connectivity index (χ3v) is 3.06. The Kier molecular flexibility index (Phi) is 5.64. The normalized spacial score (nSPS) is 16.3. The van der Waals surface area contributed by atoms with E-state index in [4.69, 9.17) is 16.1 Å². The summed E-state index contributed by atoms with van der Waals surface area (Å²) < 4.78 is 11.9. The van der Waals surface area contributed by atoms with Gasteiger partial charge in [0.05, 0.1) is 0 Å². The molecule has 0 aliphatic rings. The van der Waals surface area contributed by atoms with Gasteiger partial charge in [-0.3, -0.25) is 4.67 Å². The predicted molar refractivity (Wildman–Crippen MR) is 52.1 cm³/mol. The molecule has 0 aromatic carbocycles. The minimum atomic E-state index is -3.59. The SMILES string of the molecule is CCCCC=CN(C)P(=O)(O)Cl. The number of hydrogen-bond acceptors (Lipinski definition) is 1. The van der Waals surface area contributed by atoms with Gasteiger partial charge in [-0.05, 0) is 17.7 Å². The van der Waals surface area contributed by atoms with E-state index in [0.29, 0.717) is 0 Å². The highest BCUT2D eigenvalue weighted by molar-refractivity contribution is 7.82. The summed E-state index contributed by atoms with van der Waals surface area (Å²) in [6.45, 7) is -1.49. The van der Waals surface area contributed by atoms with Crippen LogP contribution in [0.5, 0.6) is 0 Å². The largest absolute Gasteiger partial charge is 0.384 e. The first-order valence-corrected chi connectivity index (χ1v) is 6.42. The molecule has 0 bridgehead atoms. The molecule has 72 valence electrons. The molecule has 0 aromatic rings. The number of halogens is 1. The van der Waals surface area contributed by atoms with Gasteiger partial charge in [-0.15, -0.1) is 0 Å². The Balaban J connectivity index is 3.76. The van der Waals surface area contributed by atoms with Crippen LogP contribution in [0.15, 0.2) is 12.3 Å². The van der Waals surface area contributed by atoms with Crippen LogP contribution in [0.1, 0.15) is 26.2 Å². The average Bonchev–Trinajstić information content (AvgIpc) is 1.96. The van der Waals surface area contributed by atoms with Gasteiger partial charge in [0.25, 0.3) is 0 Å². The van der Waals surface area contributed by atoms with Crippen LogP contribution in [0.4, 0.5) is 0 Å². The fourth-order valence-corrected chi connectivity index (χ4v) is 1.04. The first kappa shape index (κ1) is 12.0. The molecule has 1 unspecified atom stereocenters. The topological polar surface area (TPSA) is 40.5 Å². The van der Waals surface area contributed by atoms with Crippen molar-refractivity contribution in [2.75, 3.05) is 7.05 Å². The molecule has 0 heterocycles. The van der Waals surface area contributed by atoms with E-state index in [1.54, 1.807) is 6.20 Å². The van der Waals surface area contributed by atoms with E-state index in [1.165, 1.54) is 7.05 Å². The Morgan fingerprint density at radius 3 is 2.67 bits per heavy atom. The second-order valence-electron chi connectivity index (χ2n) is 2.57. The van der Waals surface area contributed by atoms with E-state index in [1.807, 2.05) is 6.08 Å². The molecule has 0 aliphatic carbocycles. The highest BCUT2D eigenvalue weighted by Crippen LogP contribution is 2.49. The maximum Gasteiger partial charge on any atom is 0.384 e. The van der Waals surface area contributed by atoms with Crippen LogP contribution >= 0.6 is 18.1 Å². The highest BCUT2D eigenvalue weighted by atomic mass is 35.7. The molecule has 5 heteroatoms. The van der Waals surface area contributed by atoms with E-state index in [9.17, 15) is 4.57 Å². The van der Waals surface area contributed by atoms with Crippen molar-refractivity contribution in [1.29, 1.82) is 0 Å². The summed E-state index contributed by atoms with van der Waals surface area (Å²) in [6, 6.07) is 0. The standard InChI is InChI=1S/C7H15ClNO2P/c1-3-4-5-6-7-9(2)12(8,10)11/h6-7H,3-5H2,1-2H3,(H,10,11). The molecule has 0 saturated carbocycles. The van der Waals surface area contributed by atoms with Gasteiger partial charge in [0, 0.05) is 13.2 Å². The Morgan fingerprint density at radius 1 is 1.67 bits per heavy atom. The van der Waals surface area contributed by atoms with Crippen molar-refractivity contribution in [2.24, 2.45) is 0 Å². The van der Waals surface area contributed by atoms with Gasteiger partial charge in [-0.25, -0.2) is 4.57 Å². The molecular weight excluding hydrogens is 197 g/mol. The van der Waals surface area contributed by atoms with Crippen LogP contribution in [0, 0.1) is 0 Å². The molecule has 0 saturated heterocycles. The second-order valence-corrected chi connectivity index (χ2v) is 5.47. The van der Waals surface area contributed by atoms with Crippen molar-refractivity contribution in [3.63, 3.8) is 0 Å². The summed E-state index contributed by atoms with van der Waals surface area (Å²) in [4.78, 5) is 8.84. The maximum absolute atomic E-state index is 10.8. The van der Waals surface area contributed by atoms with Crippen molar-refractivity contribution < 1.29 is 9.46 Å². The van der Waals surface area contributed by atoms with Crippen molar-refractivity contribution in [3.05, 3.63) is 12.3 Å². The predicted octanol–water partition coefficient (Wildman–Crippen LogP) is 2.96. The molecule has 1 N–H and O–H groups in total. The van der Waals surface area contributed by atoms with E-state index in [0.717, 1.165) is 23.9 Å². The van der Waals surface area contributed by atoms with Gasteiger partial charge < -0.3 is 4.89 Å². The summed E-state index contributed by atoms with van der Waals surface area (Å²) in [6.07, 6.45) is 6.50. The first-order chi connectivity index (χ1) is 5.48. The third kappa shape index (κ3) is 5.64. The Bertz CT molecular complexity index is 190. The zero-order valence-corrected chi connectivity index (χ0v) is 9.05. The minimum absolute atomic E-state index is 0.914. The molecule has 0 aromatic heterocycles. The lowest BCUT2D eigenvalue weighted by Crippen LogP contribution is -2.01. The van der Waals surface area contributed by atoms with Crippen LogP contribution in [-0.2, 0) is 4.57 Å². The van der Waals surface area contributed by atoms with Gasteiger partial charge in [0.15, 0.2) is 0 Å². The minimum Gasteiger partial charge on any atom is -0.318 e. The summed E-state index contributed by atoms with van der Waals surface area (Å²) in [5, 5.41) is 0. The Hall–Kier alpha value is 0.0200. The zero-order chi connectivity index (χ0) is 9.61. The van der Waals surface area contributed by atoms with Crippen molar-refractivity contribution in [2.45, 2.75) is 26.2 Å². The molecule has 0 aliphatic heterocycles. The molecule has 0 radical (unpaired) electrons. The summed E-state index contributed by atoms with van der Waals surface area (Å²) in [5.74, 6) is 0. The van der Waals surface area contributed by atoms with Crippen LogP contribution < -0.4 is 0 Å². The zero-order valence-electron chi connectivity index (χ0n) is 7.40. The van der Waals surface area contributed by atoms with Crippen molar-refractivity contribution in [1.82, 2.24) is 4.67 Å². The molecule has 12 heavy (non-hydrogen) atoms. The first-order valence-electron chi connectivity index (χ1n) is 3.91. The van der Waals surface area contributed by atoms with E-state index >= 15 is 0 Å². The van der Waals surface area contributed by atoms with Crippen LogP contribution in [-0.4, -0.2) is 16.6 Å². The van der Waals surface area contributed by atoms with Gasteiger partial charge in [-0.2, -0.15) is 0 Å². The van der Waals surface area contributed by atoms with E-state index < -0.39 is 6.87 Å². The molecule has 1 atom stereocenters. The summed E-state index contributed by atoms with van der Waals surface area (Å²) in [7, 11) is 1.48. The molecule has 3 nitrogen and oxygen atoms in total. The van der Waals surface area contributed by atoms with Crippen molar-refractivity contribution >= 4 is 18.1 Å². The molecular formula is C7H15ClNO2P. The maximum atomic E-state index is 10.8.